The number of methoxy groups -OCH3 is 1. The Hall–Kier alpha value is -2.03. The Morgan fingerprint density at radius 2 is 2.06 bits per heavy atom. The van der Waals surface area contributed by atoms with Gasteiger partial charge in [0.25, 0.3) is 5.69 Å². The maximum absolute atomic E-state index is 12.6. The highest BCUT2D eigenvalue weighted by Gasteiger charge is 2.24. The van der Waals surface area contributed by atoms with Crippen LogP contribution in [0.3, 0.4) is 0 Å². The number of benzene rings is 1. The fourth-order valence-electron chi connectivity index (χ4n) is 1.10. The molecule has 0 heterocycles. The average molecular weight is 263 g/mol. The second kappa shape index (κ2) is 4.45. The molecule has 0 aliphatic heterocycles. The van der Waals surface area contributed by atoms with Gasteiger partial charge in [0.05, 0.1) is 12.0 Å². The van der Waals surface area contributed by atoms with Gasteiger partial charge in [-0.1, -0.05) is 0 Å². The lowest BCUT2D eigenvalue weighted by molar-refractivity contribution is -0.385. The van der Waals surface area contributed by atoms with Gasteiger partial charge in [-0.25, -0.2) is 4.79 Å². The summed E-state index contributed by atoms with van der Waals surface area (Å²) in [5, 5.41) is 10.6. The van der Waals surface area contributed by atoms with Crippen molar-refractivity contribution in [2.24, 2.45) is 0 Å². The van der Waals surface area contributed by atoms with Crippen molar-refractivity contribution < 1.29 is 26.8 Å². The molecule has 0 saturated heterocycles. The first kappa shape index (κ1) is 13.0. The van der Waals surface area contributed by atoms with Crippen LogP contribution in [0.15, 0.2) is 23.1 Å². The zero-order valence-corrected chi connectivity index (χ0v) is 9.23. The largest absolute Gasteiger partial charge is 0.465 e. The lowest BCUT2D eigenvalue weighted by Gasteiger charge is -2.02. The van der Waals surface area contributed by atoms with Crippen LogP contribution in [0.25, 0.3) is 0 Å². The van der Waals surface area contributed by atoms with Gasteiger partial charge < -0.3 is 4.74 Å². The molecule has 1 rings (SSSR count). The van der Waals surface area contributed by atoms with Crippen LogP contribution in [0.1, 0.15) is 10.4 Å². The van der Waals surface area contributed by atoms with Gasteiger partial charge in [-0.05, 0) is 12.1 Å². The van der Waals surface area contributed by atoms with Gasteiger partial charge in [0.1, 0.15) is 10.5 Å². The lowest BCUT2D eigenvalue weighted by atomic mass is 10.2. The molecule has 9 heteroatoms. The van der Waals surface area contributed by atoms with Crippen molar-refractivity contribution in [3.8, 4) is 0 Å². The summed E-state index contributed by atoms with van der Waals surface area (Å²) in [5.74, 6) is -1.01. The van der Waals surface area contributed by atoms with Crippen molar-refractivity contribution in [2.75, 3.05) is 7.11 Å². The third-order valence-corrected chi connectivity index (χ3v) is 2.67. The Balaban J connectivity index is 3.48. The maximum atomic E-state index is 12.6. The van der Waals surface area contributed by atoms with Gasteiger partial charge in [0.15, 0.2) is 0 Å². The summed E-state index contributed by atoms with van der Waals surface area (Å²) in [6.07, 6.45) is 0. The van der Waals surface area contributed by atoms with Crippen molar-refractivity contribution in [1.29, 1.82) is 0 Å². The summed E-state index contributed by atoms with van der Waals surface area (Å²) in [4.78, 5) is 19.8. The summed E-state index contributed by atoms with van der Waals surface area (Å²) < 4.78 is 38.0. The number of hydrogen-bond acceptors (Lipinski definition) is 6. The zero-order valence-electron chi connectivity index (χ0n) is 8.41. The molecule has 0 amide bonds. The van der Waals surface area contributed by atoms with E-state index in [1.165, 1.54) is 0 Å². The Morgan fingerprint density at radius 3 is 2.47 bits per heavy atom. The molecule has 17 heavy (non-hydrogen) atoms. The van der Waals surface area contributed by atoms with Crippen molar-refractivity contribution >= 4 is 21.9 Å². The first-order valence-corrected chi connectivity index (χ1v) is 5.47. The van der Waals surface area contributed by atoms with E-state index in [1.807, 2.05) is 0 Å². The van der Waals surface area contributed by atoms with Crippen LogP contribution < -0.4 is 0 Å². The van der Waals surface area contributed by atoms with Crippen LogP contribution in [0.5, 0.6) is 0 Å². The summed E-state index contributed by atoms with van der Waals surface area (Å²) in [6.45, 7) is 0. The van der Waals surface area contributed by atoms with Crippen LogP contribution in [-0.4, -0.2) is 26.4 Å². The van der Waals surface area contributed by atoms with Crippen molar-refractivity contribution in [3.63, 3.8) is 0 Å². The normalized spacial score (nSPS) is 10.9. The number of carbonyl (C=O) groups is 1. The summed E-state index contributed by atoms with van der Waals surface area (Å²) in [7, 11) is -4.06. The van der Waals surface area contributed by atoms with Crippen LogP contribution in [0.4, 0.5) is 9.57 Å². The van der Waals surface area contributed by atoms with Crippen molar-refractivity contribution in [3.05, 3.63) is 33.9 Å². The third kappa shape index (κ3) is 2.75. The van der Waals surface area contributed by atoms with Gasteiger partial charge >= 0.3 is 16.2 Å². The number of rotatable bonds is 3. The highest BCUT2D eigenvalue weighted by molar-refractivity contribution is 7.86. The smallest absolute Gasteiger partial charge is 0.344 e. The summed E-state index contributed by atoms with van der Waals surface area (Å²) in [6, 6.07) is 2.02. The average Bonchev–Trinajstić information content (AvgIpc) is 2.25. The SMILES string of the molecule is COC(=O)c1ccc(S(=O)(=O)F)cc1[N+](=O)[O-]. The molecule has 0 atom stereocenters. The van der Waals surface area contributed by atoms with Gasteiger partial charge in [-0.15, -0.1) is 3.89 Å². The minimum atomic E-state index is -5.06. The first-order valence-electron chi connectivity index (χ1n) is 4.09. The van der Waals surface area contributed by atoms with E-state index in [4.69, 9.17) is 0 Å². The fraction of sp³-hybridized carbons (Fsp3) is 0.125. The number of nitro groups is 1. The number of esters is 1. The summed E-state index contributed by atoms with van der Waals surface area (Å²) in [5.41, 5.74) is -1.29. The van der Waals surface area contributed by atoms with Crippen molar-refractivity contribution in [1.82, 2.24) is 0 Å². The number of nitro benzene ring substituents is 1. The van der Waals surface area contributed by atoms with E-state index in [9.17, 15) is 27.2 Å². The molecule has 0 aliphatic rings. The Bertz CT molecular complexity index is 582. The molecular formula is C8H6FNO6S. The molecule has 0 saturated carbocycles. The van der Waals surface area contributed by atoms with Gasteiger partial charge in [-0.3, -0.25) is 10.1 Å². The van der Waals surface area contributed by atoms with E-state index >= 15 is 0 Å². The number of ether oxygens (including phenoxy) is 1. The highest BCUT2D eigenvalue weighted by atomic mass is 32.3. The monoisotopic (exact) mass is 263 g/mol. The van der Waals surface area contributed by atoms with Gasteiger partial charge in [-0.2, -0.15) is 8.42 Å². The predicted octanol–water partition coefficient (Wildman–Crippen LogP) is 1.04. The second-order valence-electron chi connectivity index (χ2n) is 2.87. The molecule has 7 nitrogen and oxygen atoms in total. The predicted molar refractivity (Wildman–Crippen MR) is 52.7 cm³/mol. The molecule has 0 bridgehead atoms. The van der Waals surface area contributed by atoms with Gasteiger partial charge in [0, 0.05) is 6.07 Å². The van der Waals surface area contributed by atoms with E-state index in [0.29, 0.717) is 6.07 Å². The van der Waals surface area contributed by atoms with E-state index in [0.717, 1.165) is 19.2 Å². The summed E-state index contributed by atoms with van der Waals surface area (Å²) >= 11 is 0. The number of hydrogen-bond donors (Lipinski definition) is 0. The zero-order chi connectivity index (χ0) is 13.2. The lowest BCUT2D eigenvalue weighted by Crippen LogP contribution is -2.06. The van der Waals surface area contributed by atoms with Crippen molar-refractivity contribution in [2.45, 2.75) is 4.90 Å². The fourth-order valence-corrected chi connectivity index (χ4v) is 1.58. The quantitative estimate of drug-likeness (QED) is 0.349. The standard InChI is InChI=1S/C8H6FNO6S/c1-16-8(11)6-3-2-5(17(9,14)15)4-7(6)10(12)13/h2-4H,1H3. The van der Waals surface area contributed by atoms with E-state index in [-0.39, 0.29) is 0 Å². The molecule has 0 aliphatic carbocycles. The molecule has 0 aromatic heterocycles. The first-order chi connectivity index (χ1) is 7.77. The molecule has 1 aromatic carbocycles. The van der Waals surface area contributed by atoms with E-state index in [2.05, 4.69) is 4.74 Å². The van der Waals surface area contributed by atoms with Gasteiger partial charge in [0.2, 0.25) is 0 Å². The Morgan fingerprint density at radius 1 is 1.47 bits per heavy atom. The minimum absolute atomic E-state index is 0.454. The van der Waals surface area contributed by atoms with E-state index in [1.54, 1.807) is 0 Å². The number of halogens is 1. The maximum Gasteiger partial charge on any atom is 0.344 e. The molecule has 0 N–H and O–H groups in total. The van der Waals surface area contributed by atoms with Crippen LogP contribution in [0.2, 0.25) is 0 Å². The van der Waals surface area contributed by atoms with Crippen LogP contribution in [-0.2, 0) is 15.0 Å². The topological polar surface area (TPSA) is 104 Å². The highest BCUT2D eigenvalue weighted by Crippen LogP contribution is 2.24. The molecule has 92 valence electrons. The molecule has 1 aromatic rings. The van der Waals surface area contributed by atoms with E-state index < -0.39 is 37.3 Å². The number of nitrogens with zero attached hydrogens (tertiary/aromatic N) is 1. The molecule has 0 radical (unpaired) electrons. The number of carbonyl (C=O) groups excluding carboxylic acids is 1. The third-order valence-electron chi connectivity index (χ3n) is 1.85. The molecule has 0 unspecified atom stereocenters. The Labute approximate surface area is 95.2 Å². The minimum Gasteiger partial charge on any atom is -0.465 e. The Kier molecular flexibility index (Phi) is 3.42. The molecule has 0 spiro atoms. The van der Waals surface area contributed by atoms with Crippen LogP contribution in [0, 0.1) is 10.1 Å². The molecular weight excluding hydrogens is 257 g/mol. The van der Waals surface area contributed by atoms with Crippen LogP contribution >= 0.6 is 0 Å². The second-order valence-corrected chi connectivity index (χ2v) is 4.21. The molecule has 0 fully saturated rings.